The third-order valence-electron chi connectivity index (χ3n) is 3.92. The first kappa shape index (κ1) is 14.4. The second kappa shape index (κ2) is 6.92. The molecule has 1 aromatic carbocycles. The maximum Gasteiger partial charge on any atom is 0.126 e. The molecule has 1 saturated heterocycles. The van der Waals surface area contributed by atoms with E-state index in [0.29, 0.717) is 11.1 Å². The summed E-state index contributed by atoms with van der Waals surface area (Å²) in [5.41, 5.74) is 1.39. The van der Waals surface area contributed by atoms with Gasteiger partial charge < -0.3 is 5.32 Å². The van der Waals surface area contributed by atoms with Crippen molar-refractivity contribution < 1.29 is 0 Å². The zero-order valence-corrected chi connectivity index (χ0v) is 12.8. The molecular weight excluding hydrogens is 282 g/mol. The fraction of sp³-hybridized carbons (Fsp3) is 0.353. The summed E-state index contributed by atoms with van der Waals surface area (Å²) in [6, 6.07) is 15.0. The number of anilines is 1. The Balaban J connectivity index is 1.47. The summed E-state index contributed by atoms with van der Waals surface area (Å²) in [6.45, 7) is 3.30. The molecule has 2 aromatic rings. The molecule has 1 aromatic heterocycles. The first-order valence-electron chi connectivity index (χ1n) is 7.44. The third-order valence-corrected chi connectivity index (χ3v) is 4.14. The molecule has 0 atom stereocenters. The molecule has 0 aliphatic carbocycles. The minimum Gasteiger partial charge on any atom is -0.367 e. The largest absolute Gasteiger partial charge is 0.367 e. The summed E-state index contributed by atoms with van der Waals surface area (Å²) in [6.07, 6.45) is 3.99. The van der Waals surface area contributed by atoms with E-state index < -0.39 is 0 Å². The Morgan fingerprint density at radius 3 is 2.52 bits per heavy atom. The maximum absolute atomic E-state index is 5.85. The molecule has 3 nitrogen and oxygen atoms in total. The molecule has 1 aliphatic rings. The van der Waals surface area contributed by atoms with E-state index in [1.165, 1.54) is 5.56 Å². The number of pyridine rings is 1. The monoisotopic (exact) mass is 301 g/mol. The van der Waals surface area contributed by atoms with Crippen LogP contribution in [0.2, 0.25) is 5.02 Å². The van der Waals surface area contributed by atoms with Crippen molar-refractivity contribution in [1.29, 1.82) is 0 Å². The maximum atomic E-state index is 5.85. The van der Waals surface area contributed by atoms with Gasteiger partial charge in [0, 0.05) is 31.9 Å². The molecule has 0 unspecified atom stereocenters. The van der Waals surface area contributed by atoms with Gasteiger partial charge in [0.1, 0.15) is 5.82 Å². The first-order chi connectivity index (χ1) is 10.3. The molecule has 3 rings (SSSR count). The van der Waals surface area contributed by atoms with Crippen LogP contribution in [-0.4, -0.2) is 29.0 Å². The Kier molecular flexibility index (Phi) is 4.73. The number of rotatable bonds is 4. The average molecular weight is 302 g/mol. The van der Waals surface area contributed by atoms with Crippen molar-refractivity contribution in [2.45, 2.75) is 25.4 Å². The number of aromatic nitrogens is 1. The van der Waals surface area contributed by atoms with Crippen LogP contribution in [0.3, 0.4) is 0 Å². The van der Waals surface area contributed by atoms with E-state index in [2.05, 4.69) is 45.5 Å². The van der Waals surface area contributed by atoms with Crippen molar-refractivity contribution in [2.24, 2.45) is 0 Å². The number of hydrogen-bond donors (Lipinski definition) is 1. The molecule has 0 radical (unpaired) electrons. The molecule has 1 N–H and O–H groups in total. The van der Waals surface area contributed by atoms with Crippen LogP contribution in [-0.2, 0) is 6.54 Å². The topological polar surface area (TPSA) is 28.2 Å². The van der Waals surface area contributed by atoms with E-state index in [1.807, 2.05) is 12.1 Å². The highest BCUT2D eigenvalue weighted by atomic mass is 35.5. The molecule has 1 fully saturated rings. The van der Waals surface area contributed by atoms with E-state index in [1.54, 1.807) is 6.20 Å². The Bertz CT molecular complexity index is 548. The second-order valence-corrected chi connectivity index (χ2v) is 5.98. The molecule has 0 amide bonds. The fourth-order valence-corrected chi connectivity index (χ4v) is 2.86. The minimum absolute atomic E-state index is 0.505. The van der Waals surface area contributed by atoms with Crippen molar-refractivity contribution in [3.05, 3.63) is 59.2 Å². The lowest BCUT2D eigenvalue weighted by atomic mass is 10.0. The van der Waals surface area contributed by atoms with Crippen LogP contribution in [0.15, 0.2) is 48.7 Å². The molecule has 0 bridgehead atoms. The van der Waals surface area contributed by atoms with Crippen LogP contribution in [0, 0.1) is 0 Å². The van der Waals surface area contributed by atoms with Crippen LogP contribution in [0.1, 0.15) is 18.4 Å². The fourth-order valence-electron chi connectivity index (χ4n) is 2.75. The standard InChI is InChI=1S/C17H20ClN3/c18-15-6-7-17(19-12-15)20-16-8-10-21(11-9-16)13-14-4-2-1-3-5-14/h1-7,12,16H,8-11,13H2,(H,19,20). The van der Waals surface area contributed by atoms with E-state index >= 15 is 0 Å². The molecule has 21 heavy (non-hydrogen) atoms. The summed E-state index contributed by atoms with van der Waals surface area (Å²) in [4.78, 5) is 6.82. The van der Waals surface area contributed by atoms with Crippen molar-refractivity contribution in [3.63, 3.8) is 0 Å². The zero-order valence-electron chi connectivity index (χ0n) is 12.0. The summed E-state index contributed by atoms with van der Waals surface area (Å²) >= 11 is 5.85. The highest BCUT2D eigenvalue weighted by molar-refractivity contribution is 6.30. The molecular formula is C17H20ClN3. The molecule has 110 valence electrons. The van der Waals surface area contributed by atoms with Crippen LogP contribution in [0.4, 0.5) is 5.82 Å². The number of hydrogen-bond acceptors (Lipinski definition) is 3. The van der Waals surface area contributed by atoms with Gasteiger partial charge in [0.05, 0.1) is 5.02 Å². The Labute approximate surface area is 131 Å². The van der Waals surface area contributed by atoms with E-state index in [0.717, 1.165) is 38.3 Å². The Morgan fingerprint density at radius 2 is 1.86 bits per heavy atom. The molecule has 2 heterocycles. The number of likely N-dealkylation sites (tertiary alicyclic amines) is 1. The van der Waals surface area contributed by atoms with Gasteiger partial charge in [-0.1, -0.05) is 41.9 Å². The molecule has 1 aliphatic heterocycles. The van der Waals surface area contributed by atoms with Gasteiger partial charge in [-0.3, -0.25) is 4.90 Å². The normalized spacial score (nSPS) is 16.8. The molecule has 0 spiro atoms. The van der Waals surface area contributed by atoms with Crippen LogP contribution < -0.4 is 5.32 Å². The van der Waals surface area contributed by atoms with Crippen LogP contribution in [0.5, 0.6) is 0 Å². The van der Waals surface area contributed by atoms with Gasteiger partial charge in [-0.2, -0.15) is 0 Å². The lowest BCUT2D eigenvalue weighted by Crippen LogP contribution is -2.38. The highest BCUT2D eigenvalue weighted by Crippen LogP contribution is 2.18. The van der Waals surface area contributed by atoms with Gasteiger partial charge in [-0.05, 0) is 30.5 Å². The van der Waals surface area contributed by atoms with Gasteiger partial charge in [0.25, 0.3) is 0 Å². The number of nitrogens with zero attached hydrogens (tertiary/aromatic N) is 2. The van der Waals surface area contributed by atoms with E-state index in [-0.39, 0.29) is 0 Å². The Morgan fingerprint density at radius 1 is 1.10 bits per heavy atom. The number of benzene rings is 1. The minimum atomic E-state index is 0.505. The summed E-state index contributed by atoms with van der Waals surface area (Å²) in [5, 5.41) is 4.17. The predicted molar refractivity (Wildman–Crippen MR) is 87.6 cm³/mol. The average Bonchev–Trinajstić information content (AvgIpc) is 2.53. The van der Waals surface area contributed by atoms with Gasteiger partial charge in [-0.15, -0.1) is 0 Å². The van der Waals surface area contributed by atoms with Crippen LogP contribution in [0.25, 0.3) is 0 Å². The number of halogens is 1. The van der Waals surface area contributed by atoms with Crippen molar-refractivity contribution >= 4 is 17.4 Å². The molecule has 0 saturated carbocycles. The van der Waals surface area contributed by atoms with E-state index in [9.17, 15) is 0 Å². The second-order valence-electron chi connectivity index (χ2n) is 5.54. The summed E-state index contributed by atoms with van der Waals surface area (Å²) < 4.78 is 0. The Hall–Kier alpha value is -1.58. The van der Waals surface area contributed by atoms with Crippen molar-refractivity contribution in [1.82, 2.24) is 9.88 Å². The van der Waals surface area contributed by atoms with Crippen molar-refractivity contribution in [2.75, 3.05) is 18.4 Å². The van der Waals surface area contributed by atoms with Gasteiger partial charge in [0.2, 0.25) is 0 Å². The van der Waals surface area contributed by atoms with Gasteiger partial charge >= 0.3 is 0 Å². The van der Waals surface area contributed by atoms with Gasteiger partial charge in [-0.25, -0.2) is 4.98 Å². The first-order valence-corrected chi connectivity index (χ1v) is 7.82. The summed E-state index contributed by atoms with van der Waals surface area (Å²) in [5.74, 6) is 0.918. The van der Waals surface area contributed by atoms with E-state index in [4.69, 9.17) is 11.6 Å². The van der Waals surface area contributed by atoms with Crippen molar-refractivity contribution in [3.8, 4) is 0 Å². The lowest BCUT2D eigenvalue weighted by Gasteiger charge is -2.32. The summed E-state index contributed by atoms with van der Waals surface area (Å²) in [7, 11) is 0. The third kappa shape index (κ3) is 4.19. The smallest absolute Gasteiger partial charge is 0.126 e. The zero-order chi connectivity index (χ0) is 14.5. The predicted octanol–water partition coefficient (Wildman–Crippen LogP) is 3.81. The number of piperidine rings is 1. The number of nitrogens with one attached hydrogen (secondary N) is 1. The molecule has 4 heteroatoms. The van der Waals surface area contributed by atoms with Crippen LogP contribution >= 0.6 is 11.6 Å². The highest BCUT2D eigenvalue weighted by Gasteiger charge is 2.19. The lowest BCUT2D eigenvalue weighted by molar-refractivity contribution is 0.211. The quantitative estimate of drug-likeness (QED) is 0.931. The van der Waals surface area contributed by atoms with Gasteiger partial charge in [0.15, 0.2) is 0 Å². The SMILES string of the molecule is Clc1ccc(NC2CCN(Cc3ccccc3)CC2)nc1.